The lowest BCUT2D eigenvalue weighted by Gasteiger charge is -2.01. The van der Waals surface area contributed by atoms with Gasteiger partial charge in [-0.05, 0) is 47.7 Å². The summed E-state index contributed by atoms with van der Waals surface area (Å²) in [6.07, 6.45) is 1.61. The van der Waals surface area contributed by atoms with Crippen LogP contribution in [0.4, 0.5) is 5.69 Å². The van der Waals surface area contributed by atoms with E-state index in [1.165, 1.54) is 12.1 Å². The maximum absolute atomic E-state index is 12.1. The van der Waals surface area contributed by atoms with Crippen molar-refractivity contribution >= 4 is 75.4 Å². The first-order valence-corrected chi connectivity index (χ1v) is 9.06. The first-order valence-electron chi connectivity index (χ1n) is 7.11. The van der Waals surface area contributed by atoms with Crippen molar-refractivity contribution in [3.63, 3.8) is 0 Å². The van der Waals surface area contributed by atoms with Gasteiger partial charge in [0.1, 0.15) is 0 Å². The number of carbonyl (C=O) groups excluding carboxylic acids is 1. The van der Waals surface area contributed by atoms with Crippen LogP contribution in [0.5, 0.6) is 0 Å². The lowest BCUT2D eigenvalue weighted by atomic mass is 10.2. The molecule has 26 heavy (non-hydrogen) atoms. The van der Waals surface area contributed by atoms with Gasteiger partial charge in [-0.1, -0.05) is 46.9 Å². The van der Waals surface area contributed by atoms with E-state index in [9.17, 15) is 9.59 Å². The van der Waals surface area contributed by atoms with Crippen molar-refractivity contribution in [1.29, 1.82) is 0 Å². The van der Waals surface area contributed by atoms with Crippen LogP contribution in [0.2, 0.25) is 15.1 Å². The van der Waals surface area contributed by atoms with Crippen molar-refractivity contribution in [2.45, 2.75) is 0 Å². The fourth-order valence-corrected chi connectivity index (χ4v) is 3.51. The van der Waals surface area contributed by atoms with E-state index in [4.69, 9.17) is 39.9 Å². The third kappa shape index (κ3) is 4.04. The molecule has 3 rings (SSSR count). The van der Waals surface area contributed by atoms with Crippen LogP contribution in [0, 0.1) is 0 Å². The van der Waals surface area contributed by atoms with Crippen LogP contribution in [0.3, 0.4) is 0 Å². The number of amides is 1. The summed E-state index contributed by atoms with van der Waals surface area (Å²) in [6, 6.07) is 9.45. The highest BCUT2D eigenvalue weighted by Crippen LogP contribution is 2.32. The molecule has 0 radical (unpaired) electrons. The van der Waals surface area contributed by atoms with Gasteiger partial charge in [0, 0.05) is 0 Å². The van der Waals surface area contributed by atoms with Gasteiger partial charge in [0.25, 0.3) is 5.91 Å². The van der Waals surface area contributed by atoms with Crippen LogP contribution in [0.15, 0.2) is 46.3 Å². The highest BCUT2D eigenvalue weighted by Gasteiger charge is 2.24. The molecule has 0 unspecified atom stereocenters. The Morgan fingerprint density at radius 1 is 1.15 bits per heavy atom. The van der Waals surface area contributed by atoms with Crippen LogP contribution in [0.25, 0.3) is 6.08 Å². The Kier molecular flexibility index (Phi) is 5.58. The summed E-state index contributed by atoms with van der Waals surface area (Å²) in [7, 11) is 0. The summed E-state index contributed by atoms with van der Waals surface area (Å²) in [5, 5.41) is 12.9. The Morgan fingerprint density at radius 3 is 2.65 bits per heavy atom. The molecule has 1 amide bonds. The number of nitrogens with one attached hydrogen (secondary N) is 1. The Bertz CT molecular complexity index is 989. The molecule has 0 saturated carbocycles. The van der Waals surface area contributed by atoms with E-state index in [1.807, 2.05) is 0 Å². The van der Waals surface area contributed by atoms with Gasteiger partial charge < -0.3 is 10.4 Å². The molecule has 2 N–H and O–H groups in total. The summed E-state index contributed by atoms with van der Waals surface area (Å²) in [4.78, 5) is 27.9. The second kappa shape index (κ2) is 7.72. The third-order valence-corrected chi connectivity index (χ3v) is 5.40. The van der Waals surface area contributed by atoms with Crippen molar-refractivity contribution in [3.05, 3.63) is 67.5 Å². The number of hydrogen-bond acceptors (Lipinski definition) is 4. The molecule has 2 aromatic rings. The summed E-state index contributed by atoms with van der Waals surface area (Å²) < 4.78 is 0. The molecule has 2 aromatic carbocycles. The smallest absolute Gasteiger partial charge is 0.337 e. The van der Waals surface area contributed by atoms with Crippen LogP contribution < -0.4 is 5.32 Å². The summed E-state index contributed by atoms with van der Waals surface area (Å²) in [5.74, 6) is -1.49. The number of aromatic carboxylic acids is 1. The number of carboxylic acid groups (broad SMARTS) is 1. The summed E-state index contributed by atoms with van der Waals surface area (Å²) in [5.41, 5.74) is 0.902. The minimum absolute atomic E-state index is 0.0654. The Balaban J connectivity index is 1.89. The van der Waals surface area contributed by atoms with Crippen molar-refractivity contribution in [3.8, 4) is 0 Å². The summed E-state index contributed by atoms with van der Waals surface area (Å²) >= 11 is 19.1. The number of benzene rings is 2. The van der Waals surface area contributed by atoms with Crippen molar-refractivity contribution in [2.24, 2.45) is 4.99 Å². The van der Waals surface area contributed by atoms with Gasteiger partial charge in [-0.25, -0.2) is 9.79 Å². The van der Waals surface area contributed by atoms with E-state index in [1.54, 1.807) is 30.3 Å². The zero-order valence-corrected chi connectivity index (χ0v) is 15.9. The fraction of sp³-hybridized carbons (Fsp3) is 0. The predicted octanol–water partition coefficient (Wildman–Crippen LogP) is 5.24. The average Bonchev–Trinajstić information content (AvgIpc) is 2.92. The number of nitrogens with zero attached hydrogens (tertiary/aromatic N) is 1. The predicted molar refractivity (Wildman–Crippen MR) is 106 cm³/mol. The Morgan fingerprint density at radius 2 is 1.92 bits per heavy atom. The number of carbonyl (C=O) groups is 2. The molecular weight excluding hydrogens is 419 g/mol. The number of hydrogen-bond donors (Lipinski definition) is 2. The van der Waals surface area contributed by atoms with Gasteiger partial charge in [-0.2, -0.15) is 0 Å². The van der Waals surface area contributed by atoms with Crippen molar-refractivity contribution in [1.82, 2.24) is 5.32 Å². The molecule has 0 aromatic heterocycles. The molecule has 132 valence electrons. The lowest BCUT2D eigenvalue weighted by molar-refractivity contribution is -0.115. The fourth-order valence-electron chi connectivity index (χ4n) is 2.12. The summed E-state index contributed by atoms with van der Waals surface area (Å²) in [6.45, 7) is 0. The number of carboxylic acids is 1. The van der Waals surface area contributed by atoms with E-state index in [2.05, 4.69) is 10.3 Å². The molecule has 5 nitrogen and oxygen atoms in total. The number of halogens is 3. The molecule has 1 saturated heterocycles. The molecule has 0 bridgehead atoms. The zero-order valence-electron chi connectivity index (χ0n) is 12.8. The molecular formula is C17H9Cl3N2O3S. The van der Waals surface area contributed by atoms with E-state index >= 15 is 0 Å². The zero-order chi connectivity index (χ0) is 18.8. The van der Waals surface area contributed by atoms with Gasteiger partial charge >= 0.3 is 5.97 Å². The number of aliphatic imine (C=N–C) groups is 1. The SMILES string of the molecule is O=C1NC(=Nc2ccc(Cl)c(C(=O)O)c2)S/C1=C/c1cccc(Cl)c1Cl. The van der Waals surface area contributed by atoms with E-state index in [-0.39, 0.29) is 16.5 Å². The van der Waals surface area contributed by atoms with Gasteiger partial charge in [-0.3, -0.25) is 4.79 Å². The van der Waals surface area contributed by atoms with Crippen LogP contribution in [0.1, 0.15) is 15.9 Å². The van der Waals surface area contributed by atoms with Gasteiger partial charge in [0.2, 0.25) is 0 Å². The highest BCUT2D eigenvalue weighted by molar-refractivity contribution is 8.18. The molecule has 1 aliphatic heterocycles. The quantitative estimate of drug-likeness (QED) is 0.657. The molecule has 1 heterocycles. The second-order valence-electron chi connectivity index (χ2n) is 5.09. The van der Waals surface area contributed by atoms with Gasteiger partial charge in [-0.15, -0.1) is 0 Å². The minimum Gasteiger partial charge on any atom is -0.478 e. The van der Waals surface area contributed by atoms with Gasteiger partial charge in [0.15, 0.2) is 5.17 Å². The van der Waals surface area contributed by atoms with Crippen molar-refractivity contribution < 1.29 is 14.7 Å². The second-order valence-corrected chi connectivity index (χ2v) is 7.32. The number of rotatable bonds is 3. The van der Waals surface area contributed by atoms with E-state index < -0.39 is 5.97 Å². The molecule has 0 aliphatic carbocycles. The maximum atomic E-state index is 12.1. The van der Waals surface area contributed by atoms with Crippen LogP contribution >= 0.6 is 46.6 Å². The largest absolute Gasteiger partial charge is 0.478 e. The molecule has 0 atom stereocenters. The Hall–Kier alpha value is -1.99. The standard InChI is InChI=1S/C17H9Cl3N2O3S/c18-11-5-4-9(7-10(11)16(24)25)21-17-22-15(23)13(26-17)6-8-2-1-3-12(19)14(8)20/h1-7H,(H,24,25)(H,21,22,23)/b13-6+. The average molecular weight is 428 g/mol. The molecule has 1 fully saturated rings. The van der Waals surface area contributed by atoms with Gasteiger partial charge in [0.05, 0.1) is 31.2 Å². The lowest BCUT2D eigenvalue weighted by Crippen LogP contribution is -2.19. The first-order chi connectivity index (χ1) is 12.3. The first kappa shape index (κ1) is 18.8. The van der Waals surface area contributed by atoms with Crippen molar-refractivity contribution in [2.75, 3.05) is 0 Å². The minimum atomic E-state index is -1.16. The Labute approximate surface area is 167 Å². The van der Waals surface area contributed by atoms with Crippen LogP contribution in [-0.4, -0.2) is 22.2 Å². The van der Waals surface area contributed by atoms with E-state index in [0.29, 0.717) is 31.4 Å². The molecule has 0 spiro atoms. The maximum Gasteiger partial charge on any atom is 0.337 e. The third-order valence-electron chi connectivity index (χ3n) is 3.33. The highest BCUT2D eigenvalue weighted by atomic mass is 35.5. The number of thioether (sulfide) groups is 1. The monoisotopic (exact) mass is 426 g/mol. The topological polar surface area (TPSA) is 78.8 Å². The number of amidine groups is 1. The molecule has 1 aliphatic rings. The molecule has 9 heteroatoms. The van der Waals surface area contributed by atoms with Crippen LogP contribution in [-0.2, 0) is 4.79 Å². The van der Waals surface area contributed by atoms with E-state index in [0.717, 1.165) is 11.8 Å². The normalized spacial score (nSPS) is 17.0.